The third kappa shape index (κ3) is 2.71. The highest BCUT2D eigenvalue weighted by Crippen LogP contribution is 2.21. The first-order valence-corrected chi connectivity index (χ1v) is 6.08. The van der Waals surface area contributed by atoms with E-state index in [0.29, 0.717) is 16.3 Å². The lowest BCUT2D eigenvalue weighted by Crippen LogP contribution is -2.07. The largest absolute Gasteiger partial charge is 0.398 e. The van der Waals surface area contributed by atoms with Gasteiger partial charge < -0.3 is 5.73 Å². The molecule has 18 heavy (non-hydrogen) atoms. The fraction of sp³-hybridized carbons (Fsp3) is 0.133. The summed E-state index contributed by atoms with van der Waals surface area (Å²) in [5.74, 6) is -0.0150. The van der Waals surface area contributed by atoms with Crippen LogP contribution >= 0.6 is 11.6 Å². The van der Waals surface area contributed by atoms with Gasteiger partial charge >= 0.3 is 0 Å². The van der Waals surface area contributed by atoms with E-state index in [4.69, 9.17) is 17.3 Å². The number of para-hydroxylation sites is 1. The lowest BCUT2D eigenvalue weighted by molar-refractivity contribution is 0.0994. The Morgan fingerprint density at radius 1 is 1.22 bits per heavy atom. The molecule has 0 aliphatic heterocycles. The van der Waals surface area contributed by atoms with Gasteiger partial charge in [0.25, 0.3) is 0 Å². The molecule has 2 aromatic carbocycles. The summed E-state index contributed by atoms with van der Waals surface area (Å²) in [6.07, 6.45) is 0.271. The Kier molecular flexibility index (Phi) is 3.68. The van der Waals surface area contributed by atoms with Gasteiger partial charge in [-0.15, -0.1) is 0 Å². The SMILES string of the molecule is Cc1ccc(CC(=O)c2ccccc2N)c(Cl)c1. The predicted octanol–water partition coefficient (Wildman–Crippen LogP) is 3.66. The number of aryl methyl sites for hydroxylation is 1. The number of anilines is 1. The van der Waals surface area contributed by atoms with Crippen molar-refractivity contribution in [2.24, 2.45) is 0 Å². The Morgan fingerprint density at radius 3 is 2.61 bits per heavy atom. The highest BCUT2D eigenvalue weighted by molar-refractivity contribution is 6.31. The van der Waals surface area contributed by atoms with E-state index >= 15 is 0 Å². The minimum absolute atomic E-state index is 0.0150. The monoisotopic (exact) mass is 259 g/mol. The van der Waals surface area contributed by atoms with Crippen molar-refractivity contribution in [2.45, 2.75) is 13.3 Å². The van der Waals surface area contributed by atoms with E-state index in [0.717, 1.165) is 11.1 Å². The highest BCUT2D eigenvalue weighted by Gasteiger charge is 2.11. The summed E-state index contributed by atoms with van der Waals surface area (Å²) in [5.41, 5.74) is 8.75. The standard InChI is InChI=1S/C15H14ClNO/c1-10-6-7-11(13(16)8-10)9-15(18)12-4-2-3-5-14(12)17/h2-8H,9,17H2,1H3. The minimum Gasteiger partial charge on any atom is -0.398 e. The molecule has 3 heteroatoms. The molecule has 0 radical (unpaired) electrons. The third-order valence-corrected chi connectivity index (χ3v) is 3.17. The molecule has 2 rings (SSSR count). The number of ketones is 1. The summed E-state index contributed by atoms with van der Waals surface area (Å²) in [6, 6.07) is 12.8. The van der Waals surface area contributed by atoms with E-state index < -0.39 is 0 Å². The molecule has 0 amide bonds. The smallest absolute Gasteiger partial charge is 0.169 e. The van der Waals surface area contributed by atoms with Crippen molar-refractivity contribution in [1.82, 2.24) is 0 Å². The summed E-state index contributed by atoms with van der Waals surface area (Å²) in [7, 11) is 0. The number of halogens is 1. The van der Waals surface area contributed by atoms with Gasteiger partial charge in [-0.25, -0.2) is 0 Å². The van der Waals surface area contributed by atoms with Crippen LogP contribution in [-0.2, 0) is 6.42 Å². The number of benzene rings is 2. The number of nitrogen functional groups attached to an aromatic ring is 1. The number of carbonyl (C=O) groups excluding carboxylic acids is 1. The second-order valence-electron chi connectivity index (χ2n) is 4.28. The molecule has 2 N–H and O–H groups in total. The second-order valence-corrected chi connectivity index (χ2v) is 4.69. The summed E-state index contributed by atoms with van der Waals surface area (Å²) in [6.45, 7) is 1.96. The maximum absolute atomic E-state index is 12.1. The van der Waals surface area contributed by atoms with E-state index in [2.05, 4.69) is 0 Å². The average Bonchev–Trinajstić information content (AvgIpc) is 2.33. The van der Waals surface area contributed by atoms with Crippen LogP contribution in [-0.4, -0.2) is 5.78 Å². The maximum Gasteiger partial charge on any atom is 0.169 e. The Labute approximate surface area is 111 Å². The fourth-order valence-corrected chi connectivity index (χ4v) is 2.12. The van der Waals surface area contributed by atoms with Crippen LogP contribution < -0.4 is 5.73 Å². The quantitative estimate of drug-likeness (QED) is 0.675. The van der Waals surface area contributed by atoms with Crippen molar-refractivity contribution < 1.29 is 4.79 Å². The Morgan fingerprint density at radius 2 is 1.94 bits per heavy atom. The van der Waals surface area contributed by atoms with Gasteiger partial charge in [0.2, 0.25) is 0 Å². The molecule has 0 aliphatic rings. The molecule has 0 aromatic heterocycles. The molecule has 2 nitrogen and oxygen atoms in total. The molecule has 0 saturated heterocycles. The van der Waals surface area contributed by atoms with E-state index in [1.807, 2.05) is 31.2 Å². The average molecular weight is 260 g/mol. The van der Waals surface area contributed by atoms with Gasteiger partial charge in [-0.2, -0.15) is 0 Å². The number of hydrogen-bond donors (Lipinski definition) is 1. The zero-order valence-corrected chi connectivity index (χ0v) is 10.9. The number of rotatable bonds is 3. The number of hydrogen-bond acceptors (Lipinski definition) is 2. The van der Waals surface area contributed by atoms with Crippen LogP contribution in [0.2, 0.25) is 5.02 Å². The minimum atomic E-state index is -0.0150. The Bertz CT molecular complexity index is 593. The summed E-state index contributed by atoms with van der Waals surface area (Å²) in [5, 5.41) is 0.623. The lowest BCUT2D eigenvalue weighted by Gasteiger charge is -2.06. The zero-order valence-electron chi connectivity index (χ0n) is 10.1. The van der Waals surface area contributed by atoms with Crippen LogP contribution in [0.5, 0.6) is 0 Å². The molecule has 0 atom stereocenters. The van der Waals surface area contributed by atoms with Crippen LogP contribution in [0.25, 0.3) is 0 Å². The van der Waals surface area contributed by atoms with Crippen molar-refractivity contribution in [1.29, 1.82) is 0 Å². The van der Waals surface area contributed by atoms with Crippen molar-refractivity contribution >= 4 is 23.1 Å². The number of carbonyl (C=O) groups is 1. The van der Waals surface area contributed by atoms with Crippen molar-refractivity contribution in [2.75, 3.05) is 5.73 Å². The van der Waals surface area contributed by atoms with Crippen molar-refractivity contribution in [3.8, 4) is 0 Å². The molecule has 0 spiro atoms. The van der Waals surface area contributed by atoms with Crippen LogP contribution in [0.15, 0.2) is 42.5 Å². The molecule has 0 aliphatic carbocycles. The number of nitrogens with two attached hydrogens (primary N) is 1. The van der Waals surface area contributed by atoms with Gasteiger partial charge in [-0.05, 0) is 36.2 Å². The number of Topliss-reactive ketones (excluding diaryl/α,β-unsaturated/α-hetero) is 1. The topological polar surface area (TPSA) is 43.1 Å². The first-order valence-electron chi connectivity index (χ1n) is 5.70. The normalized spacial score (nSPS) is 10.3. The van der Waals surface area contributed by atoms with Crippen molar-refractivity contribution in [3.05, 3.63) is 64.2 Å². The highest BCUT2D eigenvalue weighted by atomic mass is 35.5. The van der Waals surface area contributed by atoms with Gasteiger partial charge in [0.05, 0.1) is 0 Å². The lowest BCUT2D eigenvalue weighted by atomic mass is 10.0. The summed E-state index contributed by atoms with van der Waals surface area (Å²) >= 11 is 6.12. The van der Waals surface area contributed by atoms with Crippen LogP contribution in [0.1, 0.15) is 21.5 Å². The van der Waals surface area contributed by atoms with Crippen LogP contribution in [0.3, 0.4) is 0 Å². The molecule has 0 saturated carbocycles. The molecule has 0 unspecified atom stereocenters. The molecule has 0 fully saturated rings. The Hall–Kier alpha value is -1.80. The fourth-order valence-electron chi connectivity index (χ4n) is 1.81. The molecular weight excluding hydrogens is 246 g/mol. The second kappa shape index (κ2) is 5.23. The van der Waals surface area contributed by atoms with Gasteiger partial charge in [0.15, 0.2) is 5.78 Å². The first kappa shape index (κ1) is 12.7. The summed E-state index contributed by atoms with van der Waals surface area (Å²) < 4.78 is 0. The predicted molar refractivity (Wildman–Crippen MR) is 75.1 cm³/mol. The van der Waals surface area contributed by atoms with Gasteiger partial charge in [-0.3, -0.25) is 4.79 Å². The van der Waals surface area contributed by atoms with Gasteiger partial charge in [0.1, 0.15) is 0 Å². The van der Waals surface area contributed by atoms with Gasteiger partial charge in [-0.1, -0.05) is 35.9 Å². The van der Waals surface area contributed by atoms with Gasteiger partial charge in [0, 0.05) is 22.7 Å². The zero-order chi connectivity index (χ0) is 13.1. The summed E-state index contributed by atoms with van der Waals surface area (Å²) in [4.78, 5) is 12.1. The van der Waals surface area contributed by atoms with E-state index in [9.17, 15) is 4.79 Å². The molecule has 0 bridgehead atoms. The van der Waals surface area contributed by atoms with Crippen molar-refractivity contribution in [3.63, 3.8) is 0 Å². The third-order valence-electron chi connectivity index (χ3n) is 2.82. The van der Waals surface area contributed by atoms with E-state index in [1.165, 1.54) is 0 Å². The molecule has 0 heterocycles. The molecule has 2 aromatic rings. The molecule has 92 valence electrons. The molecular formula is C15H14ClNO. The first-order chi connectivity index (χ1) is 8.58. The van der Waals surface area contributed by atoms with Crippen LogP contribution in [0.4, 0.5) is 5.69 Å². The Balaban J connectivity index is 2.24. The van der Waals surface area contributed by atoms with E-state index in [-0.39, 0.29) is 12.2 Å². The van der Waals surface area contributed by atoms with E-state index in [1.54, 1.807) is 18.2 Å². The maximum atomic E-state index is 12.1. The van der Waals surface area contributed by atoms with Crippen LogP contribution in [0, 0.1) is 6.92 Å².